The molecule has 0 heterocycles. The molecule has 1 atom stereocenters. The quantitative estimate of drug-likeness (QED) is 0.901. The lowest BCUT2D eigenvalue weighted by atomic mass is 10.0. The van der Waals surface area contributed by atoms with Crippen LogP contribution >= 0.6 is 0 Å². The number of carbonyl (C=O) groups excluding carboxylic acids is 1. The zero-order chi connectivity index (χ0) is 17.1. The molecule has 0 fully saturated rings. The first-order chi connectivity index (χ1) is 11.5. The first-order valence-corrected chi connectivity index (χ1v) is 8.64. The fraction of sp³-hybridized carbons (Fsp3) is 0.381. The lowest BCUT2D eigenvalue weighted by Gasteiger charge is -2.16. The van der Waals surface area contributed by atoms with Gasteiger partial charge in [0.2, 0.25) is 0 Å². The number of aryl methyl sites for hydroxylation is 4. The number of carbonyl (C=O) groups is 1. The Balaban J connectivity index is 1.56. The van der Waals surface area contributed by atoms with Crippen LogP contribution in [0.5, 0.6) is 5.75 Å². The van der Waals surface area contributed by atoms with Gasteiger partial charge in [0.05, 0.1) is 6.04 Å². The van der Waals surface area contributed by atoms with E-state index in [2.05, 4.69) is 29.6 Å². The number of fused-ring (bicyclic) bond motifs is 1. The van der Waals surface area contributed by atoms with Crippen LogP contribution in [0.4, 0.5) is 0 Å². The van der Waals surface area contributed by atoms with E-state index in [1.54, 1.807) is 0 Å². The molecule has 1 aliphatic carbocycles. The Morgan fingerprint density at radius 1 is 1.12 bits per heavy atom. The summed E-state index contributed by atoms with van der Waals surface area (Å²) in [4.78, 5) is 12.2. The number of amides is 1. The second-order valence-corrected chi connectivity index (χ2v) is 6.73. The van der Waals surface area contributed by atoms with Crippen LogP contribution in [-0.4, -0.2) is 12.5 Å². The van der Waals surface area contributed by atoms with Crippen molar-refractivity contribution in [3.05, 3.63) is 64.2 Å². The highest BCUT2D eigenvalue weighted by Gasteiger charge is 2.15. The van der Waals surface area contributed by atoms with Crippen LogP contribution in [0.15, 0.2) is 36.4 Å². The van der Waals surface area contributed by atoms with Gasteiger partial charge < -0.3 is 10.1 Å². The minimum Gasteiger partial charge on any atom is -0.484 e. The Morgan fingerprint density at radius 3 is 2.71 bits per heavy atom. The largest absolute Gasteiger partial charge is 0.484 e. The minimum atomic E-state index is -0.0945. The van der Waals surface area contributed by atoms with Crippen LogP contribution < -0.4 is 10.1 Å². The van der Waals surface area contributed by atoms with Gasteiger partial charge in [0.15, 0.2) is 6.61 Å². The predicted octanol–water partition coefficient (Wildman–Crippen LogP) is 4.05. The van der Waals surface area contributed by atoms with E-state index in [-0.39, 0.29) is 18.6 Å². The molecule has 1 aliphatic rings. The number of benzene rings is 2. The third-order valence-electron chi connectivity index (χ3n) is 4.69. The molecule has 1 N–H and O–H groups in total. The number of hydrogen-bond donors (Lipinski definition) is 1. The fourth-order valence-electron chi connectivity index (χ4n) is 3.33. The Hall–Kier alpha value is -2.29. The van der Waals surface area contributed by atoms with Gasteiger partial charge in [-0.3, -0.25) is 4.79 Å². The van der Waals surface area contributed by atoms with Gasteiger partial charge in [-0.15, -0.1) is 0 Å². The monoisotopic (exact) mass is 323 g/mol. The van der Waals surface area contributed by atoms with Crippen LogP contribution in [0, 0.1) is 13.8 Å². The summed E-state index contributed by atoms with van der Waals surface area (Å²) in [5.41, 5.74) is 6.29. The molecule has 0 aromatic heterocycles. The van der Waals surface area contributed by atoms with Gasteiger partial charge >= 0.3 is 0 Å². The molecule has 0 unspecified atom stereocenters. The third-order valence-corrected chi connectivity index (χ3v) is 4.69. The van der Waals surface area contributed by atoms with Crippen molar-refractivity contribution in [2.24, 2.45) is 0 Å². The molecule has 0 aliphatic heterocycles. The molecule has 0 radical (unpaired) electrons. The maximum Gasteiger partial charge on any atom is 0.258 e. The SMILES string of the molecule is Cc1ccc(OCC(=O)N[C@@H](C)c2ccc3c(c2)CCC3)c(C)c1. The van der Waals surface area contributed by atoms with Crippen molar-refractivity contribution >= 4 is 5.91 Å². The van der Waals surface area contributed by atoms with Gasteiger partial charge in [0.25, 0.3) is 5.91 Å². The molecule has 2 aromatic carbocycles. The molecule has 3 nitrogen and oxygen atoms in total. The lowest BCUT2D eigenvalue weighted by molar-refractivity contribution is -0.123. The van der Waals surface area contributed by atoms with Crippen molar-refractivity contribution in [2.75, 3.05) is 6.61 Å². The number of nitrogens with one attached hydrogen (secondary N) is 1. The summed E-state index contributed by atoms with van der Waals surface area (Å²) in [6.45, 7) is 6.10. The molecule has 0 saturated heterocycles. The van der Waals surface area contributed by atoms with Gasteiger partial charge in [-0.1, -0.05) is 35.9 Å². The van der Waals surface area contributed by atoms with Crippen molar-refractivity contribution in [3.8, 4) is 5.75 Å². The fourth-order valence-corrected chi connectivity index (χ4v) is 3.33. The highest BCUT2D eigenvalue weighted by molar-refractivity contribution is 5.78. The first kappa shape index (κ1) is 16.6. The van der Waals surface area contributed by atoms with Gasteiger partial charge in [-0.2, -0.15) is 0 Å². The first-order valence-electron chi connectivity index (χ1n) is 8.64. The summed E-state index contributed by atoms with van der Waals surface area (Å²) < 4.78 is 5.65. The van der Waals surface area contributed by atoms with E-state index in [4.69, 9.17) is 4.74 Å². The minimum absolute atomic E-state index is 0.00823. The molecule has 24 heavy (non-hydrogen) atoms. The van der Waals surface area contributed by atoms with Crippen molar-refractivity contribution in [3.63, 3.8) is 0 Å². The Kier molecular flexibility index (Phi) is 4.89. The van der Waals surface area contributed by atoms with Crippen LogP contribution in [0.1, 0.15) is 47.2 Å². The van der Waals surface area contributed by atoms with Gasteiger partial charge in [0, 0.05) is 0 Å². The van der Waals surface area contributed by atoms with Crippen LogP contribution in [0.25, 0.3) is 0 Å². The summed E-state index contributed by atoms with van der Waals surface area (Å²) in [6, 6.07) is 12.5. The summed E-state index contributed by atoms with van der Waals surface area (Å²) >= 11 is 0. The van der Waals surface area contributed by atoms with Gasteiger partial charge in [-0.25, -0.2) is 0 Å². The highest BCUT2D eigenvalue weighted by Crippen LogP contribution is 2.25. The van der Waals surface area contributed by atoms with E-state index in [0.717, 1.165) is 23.3 Å². The molecule has 2 aromatic rings. The zero-order valence-electron chi connectivity index (χ0n) is 14.7. The smallest absolute Gasteiger partial charge is 0.258 e. The summed E-state index contributed by atoms with van der Waals surface area (Å²) in [5, 5.41) is 3.02. The topological polar surface area (TPSA) is 38.3 Å². The Morgan fingerprint density at radius 2 is 1.92 bits per heavy atom. The van der Waals surface area contributed by atoms with Crippen molar-refractivity contribution < 1.29 is 9.53 Å². The summed E-state index contributed by atoms with van der Waals surface area (Å²) in [6.07, 6.45) is 3.57. The van der Waals surface area contributed by atoms with Crippen molar-refractivity contribution in [1.29, 1.82) is 0 Å². The molecule has 3 rings (SSSR count). The second kappa shape index (κ2) is 7.08. The van der Waals surface area contributed by atoms with Crippen molar-refractivity contribution in [2.45, 2.75) is 46.1 Å². The zero-order valence-corrected chi connectivity index (χ0v) is 14.7. The van der Waals surface area contributed by atoms with E-state index in [1.807, 2.05) is 32.9 Å². The molecular weight excluding hydrogens is 298 g/mol. The van der Waals surface area contributed by atoms with Crippen LogP contribution in [-0.2, 0) is 17.6 Å². The number of rotatable bonds is 5. The van der Waals surface area contributed by atoms with Crippen molar-refractivity contribution in [1.82, 2.24) is 5.32 Å². The lowest BCUT2D eigenvalue weighted by Crippen LogP contribution is -2.31. The molecule has 0 bridgehead atoms. The maximum atomic E-state index is 12.2. The summed E-state index contributed by atoms with van der Waals surface area (Å²) in [7, 11) is 0. The van der Waals surface area contributed by atoms with E-state index >= 15 is 0 Å². The Bertz CT molecular complexity index is 751. The molecule has 1 amide bonds. The van der Waals surface area contributed by atoms with E-state index in [9.17, 15) is 4.79 Å². The van der Waals surface area contributed by atoms with E-state index < -0.39 is 0 Å². The van der Waals surface area contributed by atoms with Crippen LogP contribution in [0.2, 0.25) is 0 Å². The highest BCUT2D eigenvalue weighted by atomic mass is 16.5. The van der Waals surface area contributed by atoms with Crippen LogP contribution in [0.3, 0.4) is 0 Å². The Labute approximate surface area is 144 Å². The third kappa shape index (κ3) is 3.78. The van der Waals surface area contributed by atoms with Gasteiger partial charge in [-0.05, 0) is 68.4 Å². The predicted molar refractivity (Wildman–Crippen MR) is 96.4 cm³/mol. The number of ether oxygens (including phenoxy) is 1. The van der Waals surface area contributed by atoms with E-state index in [1.165, 1.54) is 29.5 Å². The molecule has 0 saturated carbocycles. The second-order valence-electron chi connectivity index (χ2n) is 6.73. The number of hydrogen-bond acceptors (Lipinski definition) is 2. The standard InChI is InChI=1S/C21H25NO2/c1-14-7-10-20(15(2)11-14)24-13-21(23)22-16(3)18-9-8-17-5-4-6-19(17)12-18/h7-12,16H,4-6,13H2,1-3H3,(H,22,23)/t16-/m0/s1. The molecule has 0 spiro atoms. The summed E-state index contributed by atoms with van der Waals surface area (Å²) in [5.74, 6) is 0.670. The molecule has 3 heteroatoms. The molecule has 126 valence electrons. The average molecular weight is 323 g/mol. The average Bonchev–Trinajstić information content (AvgIpc) is 3.01. The molecular formula is C21H25NO2. The normalized spacial score (nSPS) is 14.1. The maximum absolute atomic E-state index is 12.2. The van der Waals surface area contributed by atoms with Gasteiger partial charge in [0.1, 0.15) is 5.75 Å². The van der Waals surface area contributed by atoms with E-state index in [0.29, 0.717) is 0 Å².